The standard InChI is InChI=1S/C25H28N2O3/c1-23(7-8-23)17-29-20-4-2-19(3-5-20)24(9-10-24)22(28)27-13-11-25(16-27)21-6-12-26-14-18(21)15-30-25/h2-6,12,14H,7-11,13,15-17H2,1H3. The van der Waals surface area contributed by atoms with Gasteiger partial charge in [0.2, 0.25) is 5.91 Å². The predicted octanol–water partition coefficient (Wildman–Crippen LogP) is 3.95. The molecule has 30 heavy (non-hydrogen) atoms. The van der Waals surface area contributed by atoms with E-state index in [4.69, 9.17) is 9.47 Å². The number of pyridine rings is 1. The van der Waals surface area contributed by atoms with E-state index in [1.807, 2.05) is 29.4 Å². The molecule has 3 heterocycles. The second kappa shape index (κ2) is 6.30. The van der Waals surface area contributed by atoms with Gasteiger partial charge in [0.25, 0.3) is 0 Å². The van der Waals surface area contributed by atoms with Crippen LogP contribution in [-0.4, -0.2) is 35.5 Å². The average Bonchev–Trinajstić information content (AvgIpc) is 3.66. The summed E-state index contributed by atoms with van der Waals surface area (Å²) in [5.41, 5.74) is 3.16. The van der Waals surface area contributed by atoms with Gasteiger partial charge in [0, 0.05) is 29.9 Å². The number of ether oxygens (including phenoxy) is 2. The minimum Gasteiger partial charge on any atom is -0.493 e. The zero-order valence-electron chi connectivity index (χ0n) is 17.5. The van der Waals surface area contributed by atoms with Crippen molar-refractivity contribution in [1.82, 2.24) is 9.88 Å². The van der Waals surface area contributed by atoms with Crippen LogP contribution in [-0.2, 0) is 27.2 Å². The summed E-state index contributed by atoms with van der Waals surface area (Å²) in [6.07, 6.45) is 8.94. The minimum atomic E-state index is -0.355. The van der Waals surface area contributed by atoms with Gasteiger partial charge in [-0.25, -0.2) is 0 Å². The molecule has 1 unspecified atom stereocenters. The van der Waals surface area contributed by atoms with Crippen molar-refractivity contribution in [2.75, 3.05) is 19.7 Å². The monoisotopic (exact) mass is 404 g/mol. The van der Waals surface area contributed by atoms with Gasteiger partial charge in [-0.05, 0) is 61.4 Å². The normalized spacial score (nSPS) is 27.2. The molecule has 5 heteroatoms. The maximum atomic E-state index is 13.6. The maximum Gasteiger partial charge on any atom is 0.233 e. The van der Waals surface area contributed by atoms with E-state index in [2.05, 4.69) is 30.1 Å². The van der Waals surface area contributed by atoms with Gasteiger partial charge in [0.1, 0.15) is 11.4 Å². The number of hydrogen-bond acceptors (Lipinski definition) is 4. The van der Waals surface area contributed by atoms with E-state index in [9.17, 15) is 4.79 Å². The molecule has 1 aromatic carbocycles. The Hall–Kier alpha value is -2.40. The lowest BCUT2D eigenvalue weighted by atomic mass is 9.92. The summed E-state index contributed by atoms with van der Waals surface area (Å²) in [5, 5.41) is 0. The Bertz CT molecular complexity index is 994. The first kappa shape index (κ1) is 18.4. The highest BCUT2D eigenvalue weighted by Gasteiger charge is 2.56. The van der Waals surface area contributed by atoms with Crippen molar-refractivity contribution in [3.05, 3.63) is 59.4 Å². The zero-order valence-corrected chi connectivity index (χ0v) is 17.5. The Morgan fingerprint density at radius 3 is 2.67 bits per heavy atom. The van der Waals surface area contributed by atoms with Crippen LogP contribution in [0, 0.1) is 5.41 Å². The largest absolute Gasteiger partial charge is 0.493 e. The van der Waals surface area contributed by atoms with Crippen molar-refractivity contribution in [2.45, 2.75) is 56.7 Å². The third kappa shape index (κ3) is 2.86. The highest BCUT2D eigenvalue weighted by Crippen LogP contribution is 2.52. The minimum absolute atomic E-state index is 0.254. The number of aromatic nitrogens is 1. The van der Waals surface area contributed by atoms with Crippen LogP contribution in [0.2, 0.25) is 0 Å². The fraction of sp³-hybridized carbons (Fsp3) is 0.520. The molecule has 5 nitrogen and oxygen atoms in total. The quantitative estimate of drug-likeness (QED) is 0.757. The first-order valence-electron chi connectivity index (χ1n) is 11.1. The van der Waals surface area contributed by atoms with E-state index in [1.165, 1.54) is 18.4 Å². The summed E-state index contributed by atoms with van der Waals surface area (Å²) in [5.74, 6) is 1.16. The van der Waals surface area contributed by atoms with Gasteiger partial charge in [-0.3, -0.25) is 9.78 Å². The maximum absolute atomic E-state index is 13.6. The smallest absolute Gasteiger partial charge is 0.233 e. The SMILES string of the molecule is CC1(COc2ccc(C3(C(=O)N4CCC5(C4)OCc4cnccc45)CC3)cc2)CC1. The van der Waals surface area contributed by atoms with Crippen LogP contribution in [0.5, 0.6) is 5.75 Å². The van der Waals surface area contributed by atoms with E-state index in [0.29, 0.717) is 18.6 Å². The second-order valence-electron chi connectivity index (χ2n) is 10.00. The van der Waals surface area contributed by atoms with Crippen LogP contribution < -0.4 is 4.74 Å². The highest BCUT2D eigenvalue weighted by atomic mass is 16.5. The second-order valence-corrected chi connectivity index (χ2v) is 10.00. The molecule has 0 N–H and O–H groups in total. The van der Waals surface area contributed by atoms with Crippen molar-refractivity contribution < 1.29 is 14.3 Å². The van der Waals surface area contributed by atoms with Gasteiger partial charge in [-0.15, -0.1) is 0 Å². The number of amides is 1. The first-order valence-corrected chi connectivity index (χ1v) is 11.1. The average molecular weight is 405 g/mol. The number of carbonyl (C=O) groups excluding carboxylic acids is 1. The number of likely N-dealkylation sites (tertiary alicyclic amines) is 1. The number of fused-ring (bicyclic) bond motifs is 2. The molecule has 2 saturated carbocycles. The number of rotatable bonds is 5. The number of carbonyl (C=O) groups is 1. The van der Waals surface area contributed by atoms with Gasteiger partial charge in [0.05, 0.1) is 25.2 Å². The van der Waals surface area contributed by atoms with Crippen molar-refractivity contribution in [2.24, 2.45) is 5.41 Å². The van der Waals surface area contributed by atoms with Crippen LogP contribution in [0.1, 0.15) is 55.7 Å². The Kier molecular flexibility index (Phi) is 3.86. The molecule has 2 aliphatic heterocycles. The zero-order chi connectivity index (χ0) is 20.4. The fourth-order valence-corrected chi connectivity index (χ4v) is 5.11. The number of nitrogens with zero attached hydrogens (tertiary/aromatic N) is 2. The third-order valence-corrected chi connectivity index (χ3v) is 7.67. The van der Waals surface area contributed by atoms with Gasteiger partial charge in [-0.2, -0.15) is 0 Å². The lowest BCUT2D eigenvalue weighted by molar-refractivity contribution is -0.134. The summed E-state index contributed by atoms with van der Waals surface area (Å²) < 4.78 is 12.2. The molecule has 4 aliphatic rings. The van der Waals surface area contributed by atoms with Crippen LogP contribution in [0.3, 0.4) is 0 Å². The Morgan fingerprint density at radius 2 is 1.93 bits per heavy atom. The molecule has 0 bridgehead atoms. The fourth-order valence-electron chi connectivity index (χ4n) is 5.11. The lowest BCUT2D eigenvalue weighted by Gasteiger charge is -2.27. The van der Waals surface area contributed by atoms with Crippen molar-refractivity contribution >= 4 is 5.91 Å². The van der Waals surface area contributed by atoms with Crippen LogP contribution in [0.4, 0.5) is 0 Å². The molecule has 1 atom stereocenters. The van der Waals surface area contributed by atoms with Gasteiger partial charge < -0.3 is 14.4 Å². The van der Waals surface area contributed by atoms with E-state index in [1.54, 1.807) is 0 Å². The Morgan fingerprint density at radius 1 is 1.13 bits per heavy atom. The number of hydrogen-bond donors (Lipinski definition) is 0. The molecule has 1 spiro atoms. The first-order chi connectivity index (χ1) is 14.5. The highest BCUT2D eigenvalue weighted by molar-refractivity contribution is 5.91. The van der Waals surface area contributed by atoms with Crippen LogP contribution >= 0.6 is 0 Å². The molecule has 1 amide bonds. The molecular formula is C25H28N2O3. The van der Waals surface area contributed by atoms with Gasteiger partial charge in [0.15, 0.2) is 0 Å². The van der Waals surface area contributed by atoms with E-state index >= 15 is 0 Å². The van der Waals surface area contributed by atoms with Gasteiger partial charge >= 0.3 is 0 Å². The summed E-state index contributed by atoms with van der Waals surface area (Å²) >= 11 is 0. The summed E-state index contributed by atoms with van der Waals surface area (Å²) in [7, 11) is 0. The molecular weight excluding hydrogens is 376 g/mol. The summed E-state index contributed by atoms with van der Waals surface area (Å²) in [6, 6.07) is 10.3. The lowest BCUT2D eigenvalue weighted by Crippen LogP contribution is -2.40. The van der Waals surface area contributed by atoms with E-state index < -0.39 is 0 Å². The molecule has 3 fully saturated rings. The molecule has 0 radical (unpaired) electrons. The van der Waals surface area contributed by atoms with E-state index in [0.717, 1.165) is 49.3 Å². The Balaban J connectivity index is 1.17. The molecule has 156 valence electrons. The molecule has 1 aromatic heterocycles. The van der Waals surface area contributed by atoms with Crippen molar-refractivity contribution in [3.8, 4) is 5.75 Å². The predicted molar refractivity (Wildman–Crippen MR) is 112 cm³/mol. The molecule has 2 aromatic rings. The third-order valence-electron chi connectivity index (χ3n) is 7.67. The summed E-state index contributed by atoms with van der Waals surface area (Å²) in [6.45, 7) is 5.04. The summed E-state index contributed by atoms with van der Waals surface area (Å²) in [4.78, 5) is 19.8. The van der Waals surface area contributed by atoms with Crippen LogP contribution in [0.15, 0.2) is 42.7 Å². The molecule has 1 saturated heterocycles. The topological polar surface area (TPSA) is 51.7 Å². The van der Waals surface area contributed by atoms with E-state index in [-0.39, 0.29) is 16.9 Å². The molecule has 2 aliphatic carbocycles. The number of benzene rings is 1. The molecule has 6 rings (SSSR count). The van der Waals surface area contributed by atoms with Crippen molar-refractivity contribution in [3.63, 3.8) is 0 Å². The van der Waals surface area contributed by atoms with Gasteiger partial charge in [-0.1, -0.05) is 19.1 Å². The Labute approximate surface area is 177 Å². The van der Waals surface area contributed by atoms with Crippen LogP contribution in [0.25, 0.3) is 0 Å². The van der Waals surface area contributed by atoms with Crippen molar-refractivity contribution in [1.29, 1.82) is 0 Å².